The molecule has 0 saturated heterocycles. The molecule has 0 aliphatic heterocycles. The van der Waals surface area contributed by atoms with E-state index in [-0.39, 0.29) is 10.7 Å². The van der Waals surface area contributed by atoms with E-state index in [1.54, 1.807) is 18.2 Å². The Morgan fingerprint density at radius 2 is 2.11 bits per heavy atom. The van der Waals surface area contributed by atoms with Crippen LogP contribution in [-0.2, 0) is 10.0 Å². The second-order valence-electron chi connectivity index (χ2n) is 3.48. The zero-order valence-corrected chi connectivity index (χ0v) is 10.3. The molecular weight excluding hydrogens is 250 g/mol. The van der Waals surface area contributed by atoms with Crippen LogP contribution >= 0.6 is 0 Å². The van der Waals surface area contributed by atoms with Gasteiger partial charge in [-0.25, -0.2) is 18.4 Å². The van der Waals surface area contributed by atoms with Crippen LogP contribution < -0.4 is 4.72 Å². The van der Waals surface area contributed by atoms with E-state index >= 15 is 0 Å². The summed E-state index contributed by atoms with van der Waals surface area (Å²) < 4.78 is 26.5. The molecule has 0 unspecified atom stereocenters. The molecule has 0 amide bonds. The lowest BCUT2D eigenvalue weighted by Gasteiger charge is -2.07. The van der Waals surface area contributed by atoms with E-state index in [2.05, 4.69) is 21.3 Å². The number of nitrogens with one attached hydrogen (secondary N) is 1. The average molecular weight is 261 g/mol. The van der Waals surface area contributed by atoms with E-state index in [1.807, 2.05) is 0 Å². The highest BCUT2D eigenvalue weighted by Crippen LogP contribution is 2.15. The van der Waals surface area contributed by atoms with E-state index in [4.69, 9.17) is 0 Å². The van der Waals surface area contributed by atoms with Crippen molar-refractivity contribution in [3.8, 4) is 0 Å². The molecule has 6 heteroatoms. The molecule has 0 spiro atoms. The number of anilines is 1. The smallest absolute Gasteiger partial charge is 0.263 e. The molecular formula is C12H11N3O2S. The highest BCUT2D eigenvalue weighted by atomic mass is 32.2. The summed E-state index contributed by atoms with van der Waals surface area (Å²) in [7, 11) is -3.63. The summed E-state index contributed by atoms with van der Waals surface area (Å²) in [5.74, 6) is 0.231. The van der Waals surface area contributed by atoms with Gasteiger partial charge in [-0.3, -0.25) is 4.72 Å². The molecule has 0 aliphatic carbocycles. The number of sulfonamides is 1. The fourth-order valence-electron chi connectivity index (χ4n) is 1.36. The third-order valence-electron chi connectivity index (χ3n) is 2.22. The molecule has 0 fully saturated rings. The maximum absolute atomic E-state index is 12.1. The van der Waals surface area contributed by atoms with Crippen LogP contribution in [0.3, 0.4) is 0 Å². The Kier molecular flexibility index (Phi) is 3.38. The van der Waals surface area contributed by atoms with E-state index in [9.17, 15) is 8.42 Å². The van der Waals surface area contributed by atoms with Crippen LogP contribution in [0.1, 0.15) is 5.56 Å². The zero-order valence-electron chi connectivity index (χ0n) is 9.45. The van der Waals surface area contributed by atoms with Crippen LogP contribution in [0.25, 0.3) is 6.08 Å². The van der Waals surface area contributed by atoms with Crippen LogP contribution in [0.2, 0.25) is 0 Å². The summed E-state index contributed by atoms with van der Waals surface area (Å²) in [5.41, 5.74) is 0.737. The standard InChI is InChI=1S/C12H11N3O2S/c1-2-10-4-3-5-11(8-10)18(16,17)15-12-6-7-13-9-14-12/h2-9H,1H2,(H,13,14,15). The molecule has 0 atom stereocenters. The molecule has 0 saturated carbocycles. The van der Waals surface area contributed by atoms with Gasteiger partial charge in [0.2, 0.25) is 0 Å². The van der Waals surface area contributed by atoms with Crippen LogP contribution in [-0.4, -0.2) is 18.4 Å². The minimum atomic E-state index is -3.63. The summed E-state index contributed by atoms with van der Waals surface area (Å²) in [5, 5.41) is 0. The first kappa shape index (κ1) is 12.3. The van der Waals surface area contributed by atoms with Gasteiger partial charge in [-0.15, -0.1) is 0 Å². The van der Waals surface area contributed by atoms with Crippen molar-refractivity contribution >= 4 is 21.9 Å². The van der Waals surface area contributed by atoms with Gasteiger partial charge in [-0.05, 0) is 23.8 Å². The van der Waals surface area contributed by atoms with Crippen molar-refractivity contribution in [3.05, 3.63) is 55.0 Å². The maximum atomic E-state index is 12.1. The molecule has 1 aromatic heterocycles. The quantitative estimate of drug-likeness (QED) is 0.912. The summed E-state index contributed by atoms with van der Waals surface area (Å²) in [6.07, 6.45) is 4.33. The third kappa shape index (κ3) is 2.72. The Hall–Kier alpha value is -2.21. The van der Waals surface area contributed by atoms with Gasteiger partial charge in [0.25, 0.3) is 10.0 Å². The Morgan fingerprint density at radius 1 is 1.28 bits per heavy atom. The number of benzene rings is 1. The zero-order chi connectivity index (χ0) is 13.0. The fraction of sp³-hybridized carbons (Fsp3) is 0. The lowest BCUT2D eigenvalue weighted by atomic mass is 10.2. The topological polar surface area (TPSA) is 72.0 Å². The molecule has 1 heterocycles. The van der Waals surface area contributed by atoms with Crippen molar-refractivity contribution < 1.29 is 8.42 Å². The normalized spacial score (nSPS) is 10.9. The van der Waals surface area contributed by atoms with Gasteiger partial charge in [-0.2, -0.15) is 0 Å². The first-order valence-corrected chi connectivity index (χ1v) is 6.61. The summed E-state index contributed by atoms with van der Waals surface area (Å²) in [4.78, 5) is 7.69. The molecule has 2 aromatic rings. The van der Waals surface area contributed by atoms with Gasteiger partial charge in [-0.1, -0.05) is 24.8 Å². The van der Waals surface area contributed by atoms with Crippen molar-refractivity contribution in [1.82, 2.24) is 9.97 Å². The fourth-order valence-corrected chi connectivity index (χ4v) is 2.42. The SMILES string of the molecule is C=Cc1cccc(S(=O)(=O)Nc2ccncn2)c1. The molecule has 2 rings (SSSR count). The Morgan fingerprint density at radius 3 is 2.78 bits per heavy atom. The lowest BCUT2D eigenvalue weighted by Crippen LogP contribution is -2.13. The average Bonchev–Trinajstić information content (AvgIpc) is 2.39. The number of nitrogens with zero attached hydrogens (tertiary/aromatic N) is 2. The summed E-state index contributed by atoms with van der Waals surface area (Å²) >= 11 is 0. The van der Waals surface area contributed by atoms with Crippen LogP contribution in [0.15, 0.2) is 54.3 Å². The van der Waals surface area contributed by atoms with Crippen molar-refractivity contribution in [2.24, 2.45) is 0 Å². The predicted molar refractivity (Wildman–Crippen MR) is 69.4 cm³/mol. The van der Waals surface area contributed by atoms with Crippen LogP contribution in [0.4, 0.5) is 5.82 Å². The summed E-state index contributed by atoms with van der Waals surface area (Å²) in [6.45, 7) is 3.60. The van der Waals surface area contributed by atoms with Gasteiger partial charge in [0.1, 0.15) is 12.1 Å². The number of aromatic nitrogens is 2. The molecule has 0 bridgehead atoms. The lowest BCUT2D eigenvalue weighted by molar-refractivity contribution is 0.601. The van der Waals surface area contributed by atoms with Gasteiger partial charge in [0, 0.05) is 6.20 Å². The second-order valence-corrected chi connectivity index (χ2v) is 5.16. The van der Waals surface area contributed by atoms with Gasteiger partial charge < -0.3 is 0 Å². The third-order valence-corrected chi connectivity index (χ3v) is 3.58. The van der Waals surface area contributed by atoms with Gasteiger partial charge >= 0.3 is 0 Å². The molecule has 5 nitrogen and oxygen atoms in total. The monoisotopic (exact) mass is 261 g/mol. The van der Waals surface area contributed by atoms with Crippen LogP contribution in [0.5, 0.6) is 0 Å². The minimum Gasteiger partial charge on any atom is -0.263 e. The molecule has 1 aromatic carbocycles. The van der Waals surface area contributed by atoms with E-state index in [0.717, 1.165) is 5.56 Å². The minimum absolute atomic E-state index is 0.165. The Balaban J connectivity index is 2.33. The first-order chi connectivity index (χ1) is 8.62. The van der Waals surface area contributed by atoms with E-state index in [0.29, 0.717) is 0 Å². The van der Waals surface area contributed by atoms with Crippen molar-refractivity contribution in [2.75, 3.05) is 4.72 Å². The van der Waals surface area contributed by atoms with E-state index < -0.39 is 10.0 Å². The number of hydrogen-bond acceptors (Lipinski definition) is 4. The predicted octanol–water partition coefficient (Wildman–Crippen LogP) is 1.92. The molecule has 92 valence electrons. The maximum Gasteiger partial charge on any atom is 0.263 e. The summed E-state index contributed by atoms with van der Waals surface area (Å²) in [6, 6.07) is 7.96. The number of rotatable bonds is 4. The van der Waals surface area contributed by atoms with Crippen molar-refractivity contribution in [1.29, 1.82) is 0 Å². The largest absolute Gasteiger partial charge is 0.263 e. The van der Waals surface area contributed by atoms with Crippen molar-refractivity contribution in [2.45, 2.75) is 4.90 Å². The highest BCUT2D eigenvalue weighted by molar-refractivity contribution is 7.92. The first-order valence-electron chi connectivity index (χ1n) is 5.13. The highest BCUT2D eigenvalue weighted by Gasteiger charge is 2.14. The van der Waals surface area contributed by atoms with Gasteiger partial charge in [0.15, 0.2) is 0 Å². The van der Waals surface area contributed by atoms with Crippen molar-refractivity contribution in [3.63, 3.8) is 0 Å². The van der Waals surface area contributed by atoms with Crippen LogP contribution in [0, 0.1) is 0 Å². The second kappa shape index (κ2) is 4.97. The van der Waals surface area contributed by atoms with Gasteiger partial charge in [0.05, 0.1) is 4.90 Å². The Bertz CT molecular complexity index is 654. The molecule has 0 aliphatic rings. The Labute approximate surface area is 105 Å². The van der Waals surface area contributed by atoms with E-state index in [1.165, 1.54) is 30.7 Å². The molecule has 1 N–H and O–H groups in total. The number of hydrogen-bond donors (Lipinski definition) is 1. The molecule has 0 radical (unpaired) electrons. The molecule has 18 heavy (non-hydrogen) atoms.